The maximum absolute atomic E-state index is 9.74. The number of rotatable bonds is 3. The molecule has 0 saturated carbocycles. The van der Waals surface area contributed by atoms with Gasteiger partial charge in [-0.25, -0.2) is 0 Å². The Hall–Kier alpha value is -1.42. The Kier molecular flexibility index (Phi) is 3.78. The van der Waals surface area contributed by atoms with Gasteiger partial charge in [0.15, 0.2) is 0 Å². The molecule has 1 heterocycles. The number of aliphatic hydroxyl groups excluding tert-OH is 1. The summed E-state index contributed by atoms with van der Waals surface area (Å²) in [6.45, 7) is 4.18. The molecule has 100 valence electrons. The summed E-state index contributed by atoms with van der Waals surface area (Å²) in [6.07, 6.45) is 0. The third-order valence-electron chi connectivity index (χ3n) is 3.92. The minimum Gasteiger partial charge on any atom is -0.394 e. The van der Waals surface area contributed by atoms with E-state index in [1.165, 1.54) is 16.3 Å². The fraction of sp³-hybridized carbons (Fsp3) is 0.375. The Morgan fingerprint density at radius 2 is 1.79 bits per heavy atom. The van der Waals surface area contributed by atoms with Gasteiger partial charge >= 0.3 is 0 Å². The molecule has 0 bridgehead atoms. The van der Waals surface area contributed by atoms with E-state index >= 15 is 0 Å². The molecule has 3 rings (SSSR count). The normalized spacial score (nSPS) is 18.6. The van der Waals surface area contributed by atoms with Crippen LogP contribution in [0.3, 0.4) is 0 Å². The summed E-state index contributed by atoms with van der Waals surface area (Å²) in [6, 6.07) is 15.0. The molecule has 19 heavy (non-hydrogen) atoms. The zero-order chi connectivity index (χ0) is 13.1. The SMILES string of the molecule is OCC(c1ccc2ccccc2c1)N1CCNCC1. The first kappa shape index (κ1) is 12.6. The average Bonchev–Trinajstić information content (AvgIpc) is 2.49. The van der Waals surface area contributed by atoms with Gasteiger partial charge in [0.25, 0.3) is 0 Å². The van der Waals surface area contributed by atoms with Crippen LogP contribution in [0.2, 0.25) is 0 Å². The number of nitrogens with one attached hydrogen (secondary N) is 1. The van der Waals surface area contributed by atoms with E-state index in [2.05, 4.69) is 52.7 Å². The predicted octanol–water partition coefficient (Wildman–Crippen LogP) is 1.78. The first-order chi connectivity index (χ1) is 9.38. The topological polar surface area (TPSA) is 35.5 Å². The van der Waals surface area contributed by atoms with Gasteiger partial charge in [-0.2, -0.15) is 0 Å². The largest absolute Gasteiger partial charge is 0.394 e. The predicted molar refractivity (Wildman–Crippen MR) is 78.2 cm³/mol. The van der Waals surface area contributed by atoms with E-state index in [0.29, 0.717) is 0 Å². The van der Waals surface area contributed by atoms with Crippen molar-refractivity contribution in [1.29, 1.82) is 0 Å². The zero-order valence-corrected chi connectivity index (χ0v) is 11.0. The van der Waals surface area contributed by atoms with Gasteiger partial charge in [-0.1, -0.05) is 36.4 Å². The molecular formula is C16H20N2O. The van der Waals surface area contributed by atoms with Gasteiger partial charge in [-0.15, -0.1) is 0 Å². The zero-order valence-electron chi connectivity index (χ0n) is 11.0. The lowest BCUT2D eigenvalue weighted by molar-refractivity contribution is 0.111. The van der Waals surface area contributed by atoms with Gasteiger partial charge < -0.3 is 10.4 Å². The summed E-state index contributed by atoms with van der Waals surface area (Å²) >= 11 is 0. The molecule has 1 atom stereocenters. The molecule has 3 heteroatoms. The van der Waals surface area contributed by atoms with Crippen LogP contribution in [0.15, 0.2) is 42.5 Å². The first-order valence-corrected chi connectivity index (χ1v) is 6.93. The Balaban J connectivity index is 1.91. The van der Waals surface area contributed by atoms with Crippen molar-refractivity contribution in [3.8, 4) is 0 Å². The van der Waals surface area contributed by atoms with Gasteiger partial charge in [-0.05, 0) is 22.4 Å². The molecule has 1 unspecified atom stereocenters. The quantitative estimate of drug-likeness (QED) is 0.878. The Morgan fingerprint density at radius 3 is 2.53 bits per heavy atom. The van der Waals surface area contributed by atoms with Crippen molar-refractivity contribution in [2.75, 3.05) is 32.8 Å². The second kappa shape index (κ2) is 5.70. The Morgan fingerprint density at radius 1 is 1.05 bits per heavy atom. The van der Waals surface area contributed by atoms with Crippen molar-refractivity contribution in [2.45, 2.75) is 6.04 Å². The van der Waals surface area contributed by atoms with Crippen LogP contribution in [0.1, 0.15) is 11.6 Å². The maximum Gasteiger partial charge on any atom is 0.0628 e. The third kappa shape index (κ3) is 2.63. The van der Waals surface area contributed by atoms with Gasteiger partial charge in [0, 0.05) is 26.2 Å². The average molecular weight is 256 g/mol. The number of benzene rings is 2. The molecule has 0 amide bonds. The lowest BCUT2D eigenvalue weighted by Gasteiger charge is -2.34. The van der Waals surface area contributed by atoms with E-state index in [1.807, 2.05) is 0 Å². The van der Waals surface area contributed by atoms with Gasteiger partial charge in [0.1, 0.15) is 0 Å². The molecule has 1 aliphatic heterocycles. The number of nitrogens with zero attached hydrogens (tertiary/aromatic N) is 1. The van der Waals surface area contributed by atoms with Crippen LogP contribution in [-0.2, 0) is 0 Å². The standard InChI is InChI=1S/C16H20N2O/c19-12-16(18-9-7-17-8-10-18)15-6-5-13-3-1-2-4-14(13)11-15/h1-6,11,16-17,19H,7-10,12H2. The number of piperazine rings is 1. The van der Waals surface area contributed by atoms with Crippen LogP contribution in [0.25, 0.3) is 10.8 Å². The molecule has 2 aromatic rings. The fourth-order valence-electron chi connectivity index (χ4n) is 2.84. The third-order valence-corrected chi connectivity index (χ3v) is 3.92. The summed E-state index contributed by atoms with van der Waals surface area (Å²) in [5, 5.41) is 15.6. The highest BCUT2D eigenvalue weighted by molar-refractivity contribution is 5.83. The Labute approximate surface area is 113 Å². The summed E-state index contributed by atoms with van der Waals surface area (Å²) in [5.41, 5.74) is 1.21. The smallest absolute Gasteiger partial charge is 0.0628 e. The first-order valence-electron chi connectivity index (χ1n) is 6.93. The molecule has 0 aliphatic carbocycles. The summed E-state index contributed by atoms with van der Waals surface area (Å²) in [5.74, 6) is 0. The lowest BCUT2D eigenvalue weighted by atomic mass is 10.0. The number of aliphatic hydroxyl groups is 1. The van der Waals surface area contributed by atoms with E-state index in [1.54, 1.807) is 0 Å². The van der Waals surface area contributed by atoms with Crippen LogP contribution in [0, 0.1) is 0 Å². The summed E-state index contributed by atoms with van der Waals surface area (Å²) < 4.78 is 0. The van der Waals surface area contributed by atoms with Crippen molar-refractivity contribution in [1.82, 2.24) is 10.2 Å². The molecule has 1 aliphatic rings. The second-order valence-electron chi connectivity index (χ2n) is 5.09. The highest BCUT2D eigenvalue weighted by Crippen LogP contribution is 2.24. The maximum atomic E-state index is 9.74. The van der Waals surface area contributed by atoms with Gasteiger partial charge in [0.05, 0.1) is 12.6 Å². The van der Waals surface area contributed by atoms with Crippen LogP contribution in [0.4, 0.5) is 0 Å². The van der Waals surface area contributed by atoms with Gasteiger partial charge in [0.2, 0.25) is 0 Å². The van der Waals surface area contributed by atoms with Crippen molar-refractivity contribution < 1.29 is 5.11 Å². The molecule has 3 nitrogen and oxygen atoms in total. The van der Waals surface area contributed by atoms with Crippen LogP contribution in [0.5, 0.6) is 0 Å². The van der Waals surface area contributed by atoms with Crippen LogP contribution in [-0.4, -0.2) is 42.8 Å². The summed E-state index contributed by atoms with van der Waals surface area (Å²) in [4.78, 5) is 2.36. The van der Waals surface area contributed by atoms with Crippen LogP contribution < -0.4 is 5.32 Å². The van der Waals surface area contributed by atoms with E-state index in [4.69, 9.17) is 0 Å². The molecule has 2 N–H and O–H groups in total. The lowest BCUT2D eigenvalue weighted by Crippen LogP contribution is -2.46. The van der Waals surface area contributed by atoms with Crippen LogP contribution >= 0.6 is 0 Å². The summed E-state index contributed by atoms with van der Waals surface area (Å²) in [7, 11) is 0. The molecule has 0 radical (unpaired) electrons. The highest BCUT2D eigenvalue weighted by Gasteiger charge is 2.21. The molecule has 1 fully saturated rings. The number of fused-ring (bicyclic) bond motifs is 1. The van der Waals surface area contributed by atoms with Crippen molar-refractivity contribution in [3.05, 3.63) is 48.0 Å². The van der Waals surface area contributed by atoms with E-state index in [0.717, 1.165) is 26.2 Å². The fourth-order valence-corrected chi connectivity index (χ4v) is 2.84. The van der Waals surface area contributed by atoms with Crippen molar-refractivity contribution >= 4 is 10.8 Å². The molecule has 2 aromatic carbocycles. The number of hydrogen-bond donors (Lipinski definition) is 2. The van der Waals surface area contributed by atoms with Crippen molar-refractivity contribution in [3.63, 3.8) is 0 Å². The second-order valence-corrected chi connectivity index (χ2v) is 5.09. The minimum absolute atomic E-state index is 0.117. The van der Waals surface area contributed by atoms with Crippen molar-refractivity contribution in [2.24, 2.45) is 0 Å². The Bertz CT molecular complexity index is 549. The van der Waals surface area contributed by atoms with Gasteiger partial charge in [-0.3, -0.25) is 4.90 Å². The van der Waals surface area contributed by atoms with E-state index in [-0.39, 0.29) is 12.6 Å². The molecule has 1 saturated heterocycles. The number of hydrogen-bond acceptors (Lipinski definition) is 3. The minimum atomic E-state index is 0.117. The van der Waals surface area contributed by atoms with E-state index in [9.17, 15) is 5.11 Å². The monoisotopic (exact) mass is 256 g/mol. The molecule has 0 spiro atoms. The molecular weight excluding hydrogens is 236 g/mol. The molecule has 0 aromatic heterocycles. The highest BCUT2D eigenvalue weighted by atomic mass is 16.3. The van der Waals surface area contributed by atoms with E-state index < -0.39 is 0 Å².